The number of hydrogen-bond donors (Lipinski definition) is 0. The highest BCUT2D eigenvalue weighted by atomic mass is 16.5. The highest BCUT2D eigenvalue weighted by Crippen LogP contribution is 2.29. The molecule has 5 nitrogen and oxygen atoms in total. The van der Waals surface area contributed by atoms with E-state index in [9.17, 15) is 4.79 Å². The number of carbonyl (C=O) groups is 1. The Labute approximate surface area is 132 Å². The third-order valence-corrected chi connectivity index (χ3v) is 4.09. The summed E-state index contributed by atoms with van der Waals surface area (Å²) in [4.78, 5) is 17.0. The van der Waals surface area contributed by atoms with Gasteiger partial charge in [0.25, 0.3) is 5.91 Å². The van der Waals surface area contributed by atoms with Crippen LogP contribution in [0.5, 0.6) is 11.5 Å². The Balaban J connectivity index is 2.21. The summed E-state index contributed by atoms with van der Waals surface area (Å²) in [5.74, 6) is 1.31. The number of likely N-dealkylation sites (tertiary alicyclic amines) is 1. The summed E-state index contributed by atoms with van der Waals surface area (Å²) in [5, 5.41) is 0. The van der Waals surface area contributed by atoms with Gasteiger partial charge in [-0.3, -0.25) is 4.79 Å². The Kier molecular flexibility index (Phi) is 5.66. The van der Waals surface area contributed by atoms with Gasteiger partial charge in [-0.05, 0) is 51.6 Å². The molecule has 1 aromatic rings. The van der Waals surface area contributed by atoms with Crippen molar-refractivity contribution >= 4 is 5.91 Å². The lowest BCUT2D eigenvalue weighted by molar-refractivity contribution is 0.0574. The van der Waals surface area contributed by atoms with E-state index in [0.29, 0.717) is 17.1 Å². The molecule has 0 aliphatic carbocycles. The van der Waals surface area contributed by atoms with Crippen LogP contribution in [-0.2, 0) is 0 Å². The maximum atomic E-state index is 12.9. The number of benzene rings is 1. The fourth-order valence-corrected chi connectivity index (χ4v) is 3.01. The number of carbonyl (C=O) groups excluding carboxylic acids is 1. The standard InChI is InChI=1S/C17H26N2O3/c1-18(2)12-14-7-5-6-10-19(14)17(20)13-8-9-15(21-3)16(11-13)22-4/h8-9,11,14H,5-7,10,12H2,1-4H3/t14-/m0/s1. The van der Waals surface area contributed by atoms with E-state index >= 15 is 0 Å². The number of nitrogens with zero attached hydrogens (tertiary/aromatic N) is 2. The number of ether oxygens (including phenoxy) is 2. The van der Waals surface area contributed by atoms with Crippen molar-refractivity contribution in [2.75, 3.05) is 41.4 Å². The van der Waals surface area contributed by atoms with Crippen molar-refractivity contribution in [1.29, 1.82) is 0 Å². The molecule has 0 bridgehead atoms. The first kappa shape index (κ1) is 16.6. The van der Waals surface area contributed by atoms with Gasteiger partial charge in [0.05, 0.1) is 14.2 Å². The van der Waals surface area contributed by atoms with Gasteiger partial charge in [0.1, 0.15) is 0 Å². The lowest BCUT2D eigenvalue weighted by atomic mass is 10.00. The van der Waals surface area contributed by atoms with Crippen molar-refractivity contribution in [2.24, 2.45) is 0 Å². The van der Waals surface area contributed by atoms with E-state index in [1.165, 1.54) is 6.42 Å². The predicted octanol–water partition coefficient (Wildman–Crippen LogP) is 2.26. The van der Waals surface area contributed by atoms with Crippen molar-refractivity contribution in [2.45, 2.75) is 25.3 Å². The summed E-state index contributed by atoms with van der Waals surface area (Å²) in [7, 11) is 7.28. The molecule has 0 unspecified atom stereocenters. The van der Waals surface area contributed by atoms with Crippen LogP contribution in [-0.4, -0.2) is 63.2 Å². The molecule has 5 heteroatoms. The minimum atomic E-state index is 0.0764. The Hall–Kier alpha value is -1.75. The van der Waals surface area contributed by atoms with Crippen molar-refractivity contribution < 1.29 is 14.3 Å². The van der Waals surface area contributed by atoms with E-state index in [1.807, 2.05) is 25.1 Å². The summed E-state index contributed by atoms with van der Waals surface area (Å²) < 4.78 is 10.5. The molecular weight excluding hydrogens is 280 g/mol. The van der Waals surface area contributed by atoms with E-state index in [-0.39, 0.29) is 11.9 Å². The molecule has 1 fully saturated rings. The van der Waals surface area contributed by atoms with E-state index in [2.05, 4.69) is 4.90 Å². The van der Waals surface area contributed by atoms with Crippen molar-refractivity contribution in [3.63, 3.8) is 0 Å². The molecule has 122 valence electrons. The quantitative estimate of drug-likeness (QED) is 0.837. The highest BCUT2D eigenvalue weighted by molar-refractivity contribution is 5.95. The molecular formula is C17H26N2O3. The summed E-state index contributed by atoms with van der Waals surface area (Å²) in [6.07, 6.45) is 3.33. The van der Waals surface area contributed by atoms with Gasteiger partial charge in [0, 0.05) is 24.7 Å². The van der Waals surface area contributed by atoms with Gasteiger partial charge in [0.15, 0.2) is 11.5 Å². The van der Waals surface area contributed by atoms with Crippen LogP contribution in [0.1, 0.15) is 29.6 Å². The second-order valence-corrected chi connectivity index (χ2v) is 5.98. The van der Waals surface area contributed by atoms with Crippen LogP contribution in [0, 0.1) is 0 Å². The average molecular weight is 306 g/mol. The Morgan fingerprint density at radius 1 is 1.23 bits per heavy atom. The second kappa shape index (κ2) is 7.49. The number of hydrogen-bond acceptors (Lipinski definition) is 4. The summed E-state index contributed by atoms with van der Waals surface area (Å²) in [5.41, 5.74) is 0.656. The summed E-state index contributed by atoms with van der Waals surface area (Å²) >= 11 is 0. The Morgan fingerprint density at radius 3 is 2.59 bits per heavy atom. The van der Waals surface area contributed by atoms with Gasteiger partial charge in [-0.25, -0.2) is 0 Å². The molecule has 0 N–H and O–H groups in total. The molecule has 1 amide bonds. The van der Waals surface area contributed by atoms with Gasteiger partial charge in [-0.1, -0.05) is 0 Å². The maximum Gasteiger partial charge on any atom is 0.254 e. The van der Waals surface area contributed by atoms with Crippen molar-refractivity contribution in [1.82, 2.24) is 9.80 Å². The van der Waals surface area contributed by atoms with Gasteiger partial charge < -0.3 is 19.3 Å². The molecule has 1 heterocycles. The zero-order valence-electron chi connectivity index (χ0n) is 14.0. The summed E-state index contributed by atoms with van der Waals surface area (Å²) in [6, 6.07) is 5.65. The van der Waals surface area contributed by atoms with Crippen molar-refractivity contribution in [3.05, 3.63) is 23.8 Å². The lowest BCUT2D eigenvalue weighted by Crippen LogP contribution is -2.48. The number of amides is 1. The average Bonchev–Trinajstić information content (AvgIpc) is 2.53. The van der Waals surface area contributed by atoms with Crippen LogP contribution in [0.15, 0.2) is 18.2 Å². The first-order valence-corrected chi connectivity index (χ1v) is 7.74. The van der Waals surface area contributed by atoms with Crippen LogP contribution in [0.4, 0.5) is 0 Å². The molecule has 0 radical (unpaired) electrons. The molecule has 0 aromatic heterocycles. The number of methoxy groups -OCH3 is 2. The fourth-order valence-electron chi connectivity index (χ4n) is 3.01. The van der Waals surface area contributed by atoms with Gasteiger partial charge in [-0.15, -0.1) is 0 Å². The van der Waals surface area contributed by atoms with Crippen molar-refractivity contribution in [3.8, 4) is 11.5 Å². The molecule has 1 atom stereocenters. The Morgan fingerprint density at radius 2 is 1.95 bits per heavy atom. The van der Waals surface area contributed by atoms with E-state index < -0.39 is 0 Å². The molecule has 22 heavy (non-hydrogen) atoms. The van der Waals surface area contributed by atoms with E-state index in [4.69, 9.17) is 9.47 Å². The topological polar surface area (TPSA) is 42.0 Å². The predicted molar refractivity (Wildman–Crippen MR) is 86.8 cm³/mol. The Bertz CT molecular complexity index is 517. The fraction of sp³-hybridized carbons (Fsp3) is 0.588. The first-order valence-electron chi connectivity index (χ1n) is 7.74. The molecule has 1 aromatic carbocycles. The third kappa shape index (κ3) is 3.71. The van der Waals surface area contributed by atoms with Crippen LogP contribution >= 0.6 is 0 Å². The largest absolute Gasteiger partial charge is 0.493 e. The molecule has 2 rings (SSSR count). The number of piperidine rings is 1. The zero-order valence-corrected chi connectivity index (χ0v) is 14.0. The van der Waals surface area contributed by atoms with Gasteiger partial charge in [0.2, 0.25) is 0 Å². The molecule has 0 saturated carbocycles. The minimum Gasteiger partial charge on any atom is -0.493 e. The molecule has 1 aliphatic rings. The van der Waals surface area contributed by atoms with E-state index in [1.54, 1.807) is 26.4 Å². The van der Waals surface area contributed by atoms with Crippen LogP contribution in [0.25, 0.3) is 0 Å². The first-order chi connectivity index (χ1) is 10.6. The van der Waals surface area contributed by atoms with E-state index in [0.717, 1.165) is 25.9 Å². The molecule has 1 aliphatic heterocycles. The number of likely N-dealkylation sites (N-methyl/N-ethyl adjacent to an activating group) is 1. The van der Waals surface area contributed by atoms with Crippen LogP contribution in [0.3, 0.4) is 0 Å². The SMILES string of the molecule is COc1ccc(C(=O)N2CCCC[C@H]2CN(C)C)cc1OC. The normalized spacial score (nSPS) is 18.4. The highest BCUT2D eigenvalue weighted by Gasteiger charge is 2.28. The minimum absolute atomic E-state index is 0.0764. The van der Waals surface area contributed by atoms with Crippen LogP contribution < -0.4 is 9.47 Å². The van der Waals surface area contributed by atoms with Gasteiger partial charge in [-0.2, -0.15) is 0 Å². The van der Waals surface area contributed by atoms with Gasteiger partial charge >= 0.3 is 0 Å². The van der Waals surface area contributed by atoms with Crippen LogP contribution in [0.2, 0.25) is 0 Å². The smallest absolute Gasteiger partial charge is 0.254 e. The summed E-state index contributed by atoms with van der Waals surface area (Å²) in [6.45, 7) is 1.73. The monoisotopic (exact) mass is 306 g/mol. The maximum absolute atomic E-state index is 12.9. The molecule has 0 spiro atoms. The third-order valence-electron chi connectivity index (χ3n) is 4.09. The lowest BCUT2D eigenvalue weighted by Gasteiger charge is -2.37. The zero-order chi connectivity index (χ0) is 16.1. The number of rotatable bonds is 5. The molecule has 1 saturated heterocycles. The second-order valence-electron chi connectivity index (χ2n) is 5.98.